The van der Waals surface area contributed by atoms with Crippen molar-refractivity contribution in [3.8, 4) is 0 Å². The molecule has 0 aromatic heterocycles. The molecule has 22 heavy (non-hydrogen) atoms. The number of hydrogen-bond acceptors (Lipinski definition) is 3. The lowest BCUT2D eigenvalue weighted by Gasteiger charge is -2.22. The normalized spacial score (nSPS) is 14.6. The van der Waals surface area contributed by atoms with Crippen molar-refractivity contribution >= 4 is 5.97 Å². The van der Waals surface area contributed by atoms with Crippen LogP contribution in [0.15, 0.2) is 0 Å². The first-order chi connectivity index (χ1) is 10.3. The van der Waals surface area contributed by atoms with Gasteiger partial charge in [-0.25, -0.2) is 9.18 Å². The van der Waals surface area contributed by atoms with E-state index in [-0.39, 0.29) is 0 Å². The molecule has 0 aromatic carbocycles. The number of ether oxygens (including phenoxy) is 1. The zero-order valence-electron chi connectivity index (χ0n) is 14.9. The van der Waals surface area contributed by atoms with Crippen LogP contribution in [0.5, 0.6) is 0 Å². The number of alkyl halides is 1. The summed E-state index contributed by atoms with van der Waals surface area (Å²) in [6, 6.07) is 0. The largest absolute Gasteiger partial charge is 0.458 e. The molecule has 0 unspecified atom stereocenters. The van der Waals surface area contributed by atoms with Crippen molar-refractivity contribution in [2.75, 3.05) is 0 Å². The van der Waals surface area contributed by atoms with Gasteiger partial charge in [0.15, 0.2) is 0 Å². The van der Waals surface area contributed by atoms with E-state index in [1.165, 1.54) is 38.5 Å². The molecule has 0 aliphatic rings. The highest BCUT2D eigenvalue weighted by Gasteiger charge is 2.30. The van der Waals surface area contributed by atoms with Crippen molar-refractivity contribution in [1.82, 2.24) is 0 Å². The number of hydrogen-bond donors (Lipinski definition) is 1. The van der Waals surface area contributed by atoms with Gasteiger partial charge in [0.25, 0.3) is 0 Å². The third kappa shape index (κ3) is 12.0. The van der Waals surface area contributed by atoms with Gasteiger partial charge in [0.1, 0.15) is 5.60 Å². The van der Waals surface area contributed by atoms with Crippen molar-refractivity contribution in [2.24, 2.45) is 0 Å². The van der Waals surface area contributed by atoms with Gasteiger partial charge in [0, 0.05) is 0 Å². The predicted octanol–water partition coefficient (Wildman–Crippen LogP) is 4.95. The minimum atomic E-state index is -1.94. The molecular formula is C18H35FO3. The van der Waals surface area contributed by atoms with Gasteiger partial charge < -0.3 is 9.84 Å². The molecule has 4 heteroatoms. The summed E-state index contributed by atoms with van der Waals surface area (Å²) in [5, 5.41) is 9.71. The van der Waals surface area contributed by atoms with Crippen LogP contribution < -0.4 is 0 Å². The number of carbonyl (C=O) groups is 1. The molecule has 0 rings (SSSR count). The summed E-state index contributed by atoms with van der Waals surface area (Å²) in [6.45, 7) is 7.26. The third-order valence-corrected chi connectivity index (χ3v) is 3.57. The van der Waals surface area contributed by atoms with Crippen molar-refractivity contribution < 1.29 is 19.0 Å². The fourth-order valence-electron chi connectivity index (χ4n) is 2.33. The van der Waals surface area contributed by atoms with E-state index >= 15 is 0 Å². The first-order valence-corrected chi connectivity index (χ1v) is 8.83. The van der Waals surface area contributed by atoms with Crippen LogP contribution >= 0.6 is 0 Å². The number of halogens is 1. The summed E-state index contributed by atoms with van der Waals surface area (Å²) in [5.74, 6) is -0.962. The zero-order valence-corrected chi connectivity index (χ0v) is 14.9. The van der Waals surface area contributed by atoms with Gasteiger partial charge >= 0.3 is 5.97 Å². The molecule has 0 saturated heterocycles. The number of rotatable bonds is 12. The highest BCUT2D eigenvalue weighted by Crippen LogP contribution is 2.16. The fraction of sp³-hybridized carbons (Fsp3) is 0.944. The van der Waals surface area contributed by atoms with Gasteiger partial charge in [-0.15, -0.1) is 0 Å². The van der Waals surface area contributed by atoms with Crippen molar-refractivity contribution in [1.29, 1.82) is 0 Å². The van der Waals surface area contributed by atoms with E-state index < -0.39 is 23.8 Å². The highest BCUT2D eigenvalue weighted by molar-refractivity contribution is 5.75. The van der Waals surface area contributed by atoms with Crippen LogP contribution in [0, 0.1) is 0 Å². The van der Waals surface area contributed by atoms with Crippen LogP contribution in [0.2, 0.25) is 0 Å². The third-order valence-electron chi connectivity index (χ3n) is 3.57. The number of aliphatic hydroxyl groups is 1. The molecule has 132 valence electrons. The summed E-state index contributed by atoms with van der Waals surface area (Å²) in [7, 11) is 0. The van der Waals surface area contributed by atoms with Crippen molar-refractivity contribution in [3.63, 3.8) is 0 Å². The second-order valence-corrected chi connectivity index (χ2v) is 7.12. The van der Waals surface area contributed by atoms with E-state index in [2.05, 4.69) is 6.92 Å². The Bertz CT molecular complexity index is 287. The lowest BCUT2D eigenvalue weighted by Crippen LogP contribution is -2.36. The summed E-state index contributed by atoms with van der Waals surface area (Å²) < 4.78 is 18.7. The first kappa shape index (κ1) is 21.4. The maximum atomic E-state index is 13.7. The van der Waals surface area contributed by atoms with Gasteiger partial charge in [0.05, 0.1) is 6.10 Å². The van der Waals surface area contributed by atoms with E-state index in [9.17, 15) is 14.3 Å². The quantitative estimate of drug-likeness (QED) is 0.409. The van der Waals surface area contributed by atoms with E-state index in [1.54, 1.807) is 20.8 Å². The van der Waals surface area contributed by atoms with Crippen LogP contribution in [0.3, 0.4) is 0 Å². The molecule has 0 aliphatic heterocycles. The van der Waals surface area contributed by atoms with Crippen molar-refractivity contribution in [2.45, 2.75) is 110 Å². The van der Waals surface area contributed by atoms with E-state index in [1.807, 2.05) is 0 Å². The number of carbonyl (C=O) groups excluding carboxylic acids is 1. The monoisotopic (exact) mass is 318 g/mol. The SMILES string of the molecule is CCCCCCCCCCC[C@@H](O)[C@H](F)C(=O)OC(C)(C)C. The zero-order chi connectivity index (χ0) is 17.0. The Labute approximate surface area is 135 Å². The topological polar surface area (TPSA) is 46.5 Å². The van der Waals surface area contributed by atoms with Crippen LogP contribution in [0.1, 0.15) is 91.9 Å². The Morgan fingerprint density at radius 1 is 1.00 bits per heavy atom. The Balaban J connectivity index is 3.63. The molecule has 0 saturated carbocycles. The van der Waals surface area contributed by atoms with Crippen LogP contribution in [0.4, 0.5) is 4.39 Å². The Kier molecular flexibility index (Phi) is 11.5. The number of unbranched alkanes of at least 4 members (excludes halogenated alkanes) is 8. The van der Waals surface area contributed by atoms with Crippen molar-refractivity contribution in [3.05, 3.63) is 0 Å². The molecule has 0 aromatic rings. The molecule has 0 bridgehead atoms. The van der Waals surface area contributed by atoms with E-state index in [4.69, 9.17) is 4.74 Å². The number of esters is 1. The average molecular weight is 318 g/mol. The Morgan fingerprint density at radius 3 is 1.91 bits per heavy atom. The van der Waals surface area contributed by atoms with Gasteiger partial charge in [-0.2, -0.15) is 0 Å². The smallest absolute Gasteiger partial charge is 0.344 e. The lowest BCUT2D eigenvalue weighted by molar-refractivity contribution is -0.165. The predicted molar refractivity (Wildman–Crippen MR) is 88.6 cm³/mol. The second kappa shape index (κ2) is 11.9. The molecular weight excluding hydrogens is 283 g/mol. The molecule has 2 atom stereocenters. The van der Waals surface area contributed by atoms with E-state index in [0.29, 0.717) is 6.42 Å². The standard InChI is InChI=1S/C18H35FO3/c1-5-6-7-8-9-10-11-12-13-14-15(20)16(19)17(21)22-18(2,3)4/h15-16,20H,5-14H2,1-4H3/t15-,16+/m1/s1. The molecule has 0 fully saturated rings. The van der Waals surface area contributed by atoms with Gasteiger partial charge in [-0.05, 0) is 27.2 Å². The first-order valence-electron chi connectivity index (χ1n) is 8.83. The molecule has 3 nitrogen and oxygen atoms in total. The highest BCUT2D eigenvalue weighted by atomic mass is 19.1. The van der Waals surface area contributed by atoms with Gasteiger partial charge in [-0.1, -0.05) is 64.7 Å². The molecule has 0 heterocycles. The maximum Gasteiger partial charge on any atom is 0.344 e. The Hall–Kier alpha value is -0.640. The summed E-state index contributed by atoms with van der Waals surface area (Å²) in [6.07, 6.45) is 7.61. The number of aliphatic hydroxyl groups excluding tert-OH is 1. The Morgan fingerprint density at radius 2 is 1.45 bits per heavy atom. The summed E-state index contributed by atoms with van der Waals surface area (Å²) >= 11 is 0. The lowest BCUT2D eigenvalue weighted by atomic mass is 10.0. The van der Waals surface area contributed by atoms with Gasteiger partial charge in [-0.3, -0.25) is 0 Å². The van der Waals surface area contributed by atoms with E-state index in [0.717, 1.165) is 19.3 Å². The minimum absolute atomic E-state index is 0.316. The minimum Gasteiger partial charge on any atom is -0.458 e. The maximum absolute atomic E-state index is 13.7. The van der Waals surface area contributed by atoms with Gasteiger partial charge in [0.2, 0.25) is 6.17 Å². The van der Waals surface area contributed by atoms with Crippen LogP contribution in [-0.4, -0.2) is 29.0 Å². The molecule has 0 spiro atoms. The molecule has 1 N–H and O–H groups in total. The average Bonchev–Trinajstić information content (AvgIpc) is 2.42. The molecule has 0 radical (unpaired) electrons. The molecule has 0 amide bonds. The summed E-state index contributed by atoms with van der Waals surface area (Å²) in [4.78, 5) is 11.5. The fourth-order valence-corrected chi connectivity index (χ4v) is 2.33. The summed E-state index contributed by atoms with van der Waals surface area (Å²) in [5.41, 5.74) is -0.723. The van der Waals surface area contributed by atoms with Crippen LogP contribution in [0.25, 0.3) is 0 Å². The second-order valence-electron chi connectivity index (χ2n) is 7.12. The van der Waals surface area contributed by atoms with Crippen LogP contribution in [-0.2, 0) is 9.53 Å². The molecule has 0 aliphatic carbocycles.